The number of anilines is 1. The number of carboxylic acids is 1. The lowest BCUT2D eigenvalue weighted by molar-refractivity contribution is -0.135. The van der Waals surface area contributed by atoms with Crippen LogP contribution in [0.2, 0.25) is 0 Å². The molecule has 1 amide bonds. The summed E-state index contributed by atoms with van der Waals surface area (Å²) in [5.41, 5.74) is 7.46. The van der Waals surface area contributed by atoms with E-state index < -0.39 is 24.7 Å². The number of methoxy groups -OCH3 is 1. The largest absolute Gasteiger partial charge is 0.493 e. The number of rotatable bonds is 10. The van der Waals surface area contributed by atoms with Crippen molar-refractivity contribution in [3.05, 3.63) is 53.6 Å². The van der Waals surface area contributed by atoms with Crippen molar-refractivity contribution >= 4 is 29.4 Å². The van der Waals surface area contributed by atoms with Crippen molar-refractivity contribution in [3.63, 3.8) is 0 Å². The molecule has 3 rings (SSSR count). The van der Waals surface area contributed by atoms with E-state index in [1.807, 2.05) is 0 Å². The fraction of sp³-hybridized carbons (Fsp3) is 0.304. The molecule has 1 aliphatic heterocycles. The van der Waals surface area contributed by atoms with Gasteiger partial charge in [-0.2, -0.15) is 0 Å². The molecule has 10 nitrogen and oxygen atoms in total. The van der Waals surface area contributed by atoms with E-state index in [2.05, 4.69) is 4.99 Å². The van der Waals surface area contributed by atoms with Gasteiger partial charge in [0.2, 0.25) is 0 Å². The van der Waals surface area contributed by atoms with Crippen LogP contribution in [0.15, 0.2) is 47.5 Å². The Morgan fingerprint density at radius 1 is 1.18 bits per heavy atom. The Morgan fingerprint density at radius 3 is 2.52 bits per heavy atom. The Labute approximate surface area is 190 Å². The van der Waals surface area contributed by atoms with Crippen LogP contribution in [0.4, 0.5) is 10.5 Å². The normalized spacial score (nSPS) is 15.8. The van der Waals surface area contributed by atoms with E-state index in [9.17, 15) is 14.4 Å². The van der Waals surface area contributed by atoms with Crippen molar-refractivity contribution in [3.8, 4) is 11.5 Å². The van der Waals surface area contributed by atoms with Crippen LogP contribution in [0, 0.1) is 0 Å². The predicted octanol–water partition coefficient (Wildman–Crippen LogP) is 2.48. The molecule has 0 radical (unpaired) electrons. The van der Waals surface area contributed by atoms with Gasteiger partial charge in [-0.15, -0.1) is 0 Å². The first kappa shape index (κ1) is 23.6. The summed E-state index contributed by atoms with van der Waals surface area (Å²) in [6.07, 6.45) is -0.638. The molecule has 1 heterocycles. The second-order valence-electron chi connectivity index (χ2n) is 7.21. The molecular weight excluding hydrogens is 430 g/mol. The summed E-state index contributed by atoms with van der Waals surface area (Å²) in [5, 5.41) is 8.69. The van der Waals surface area contributed by atoms with E-state index in [0.29, 0.717) is 34.7 Å². The molecule has 1 aliphatic rings. The number of Topliss-reactive ketones (excluding diaryl/α,β-unsaturated/α-hetero) is 1. The molecule has 174 valence electrons. The summed E-state index contributed by atoms with van der Waals surface area (Å²) >= 11 is 0. The average molecular weight is 455 g/mol. The zero-order valence-electron chi connectivity index (χ0n) is 18.3. The van der Waals surface area contributed by atoms with Gasteiger partial charge < -0.3 is 25.1 Å². The minimum atomic E-state index is -1.08. The minimum absolute atomic E-state index is 0.00106. The van der Waals surface area contributed by atoms with Crippen molar-refractivity contribution in [1.29, 1.82) is 0 Å². The molecule has 2 aromatic rings. The van der Waals surface area contributed by atoms with Gasteiger partial charge in [-0.05, 0) is 42.5 Å². The maximum absolute atomic E-state index is 12.3. The lowest BCUT2D eigenvalue weighted by atomic mass is 10.1. The van der Waals surface area contributed by atoms with Crippen LogP contribution in [0.5, 0.6) is 11.5 Å². The van der Waals surface area contributed by atoms with Gasteiger partial charge in [0.05, 0.1) is 13.7 Å². The third-order valence-electron chi connectivity index (χ3n) is 4.96. The number of nitrogens with zero attached hydrogens (tertiary/aromatic N) is 2. The highest BCUT2D eigenvalue weighted by molar-refractivity contribution is 5.99. The molecule has 33 heavy (non-hydrogen) atoms. The number of carbonyl (C=O) groups excluding carboxylic acids is 2. The zero-order chi connectivity index (χ0) is 24.0. The fourth-order valence-electron chi connectivity index (χ4n) is 3.22. The van der Waals surface area contributed by atoms with Crippen LogP contribution in [0.1, 0.15) is 29.3 Å². The average Bonchev–Trinajstić information content (AvgIpc) is 3.20. The summed E-state index contributed by atoms with van der Waals surface area (Å²) in [5.74, 6) is -0.111. The van der Waals surface area contributed by atoms with Crippen LogP contribution < -0.4 is 20.1 Å². The number of hydrogen-bond acceptors (Lipinski definition) is 7. The van der Waals surface area contributed by atoms with Gasteiger partial charge in [-0.1, -0.05) is 6.92 Å². The van der Waals surface area contributed by atoms with Gasteiger partial charge in [0.25, 0.3) is 0 Å². The summed E-state index contributed by atoms with van der Waals surface area (Å²) in [4.78, 5) is 40.1. The first-order valence-corrected chi connectivity index (χ1v) is 10.3. The van der Waals surface area contributed by atoms with E-state index in [0.717, 1.165) is 0 Å². The van der Waals surface area contributed by atoms with Crippen LogP contribution >= 0.6 is 0 Å². The first-order valence-electron chi connectivity index (χ1n) is 10.3. The number of carboxylic acid groups (broad SMARTS) is 1. The number of nitrogens with two attached hydrogens (primary N) is 1. The van der Waals surface area contributed by atoms with E-state index in [1.165, 1.54) is 12.0 Å². The van der Waals surface area contributed by atoms with Gasteiger partial charge in [0, 0.05) is 23.2 Å². The molecule has 0 aliphatic carbocycles. The summed E-state index contributed by atoms with van der Waals surface area (Å²) < 4.78 is 16.5. The van der Waals surface area contributed by atoms with E-state index >= 15 is 0 Å². The molecule has 0 saturated carbocycles. The van der Waals surface area contributed by atoms with Crippen molar-refractivity contribution < 1.29 is 33.7 Å². The van der Waals surface area contributed by atoms with E-state index in [-0.39, 0.29) is 24.8 Å². The summed E-state index contributed by atoms with van der Waals surface area (Å²) in [6, 6.07) is 11.6. The summed E-state index contributed by atoms with van der Waals surface area (Å²) in [6.45, 7) is 1.74. The van der Waals surface area contributed by atoms with Crippen LogP contribution in [-0.2, 0) is 9.53 Å². The SMILES string of the molecule is CCC(=O)c1ccc(OCC2CN(c3ccc(C(N)=NCC(=O)O)cc3)C(=O)O2)c(OC)c1. The molecule has 1 fully saturated rings. The van der Waals surface area contributed by atoms with Gasteiger partial charge in [0.1, 0.15) is 19.0 Å². The molecule has 0 spiro atoms. The molecule has 1 saturated heterocycles. The number of ketones is 1. The minimum Gasteiger partial charge on any atom is -0.493 e. The Kier molecular flexibility index (Phi) is 7.50. The lowest BCUT2D eigenvalue weighted by Crippen LogP contribution is -2.26. The number of aliphatic imine (C=N–C) groups is 1. The Morgan fingerprint density at radius 2 is 1.88 bits per heavy atom. The number of amidine groups is 1. The smallest absolute Gasteiger partial charge is 0.414 e. The van der Waals surface area contributed by atoms with Crippen LogP contribution in [-0.4, -0.2) is 61.7 Å². The fourth-order valence-corrected chi connectivity index (χ4v) is 3.22. The highest BCUT2D eigenvalue weighted by Crippen LogP contribution is 2.30. The molecule has 1 atom stereocenters. The quantitative estimate of drug-likeness (QED) is 0.316. The lowest BCUT2D eigenvalue weighted by Gasteiger charge is -2.15. The molecule has 10 heteroatoms. The summed E-state index contributed by atoms with van der Waals surface area (Å²) in [7, 11) is 1.49. The number of carbonyl (C=O) groups is 3. The highest BCUT2D eigenvalue weighted by atomic mass is 16.6. The van der Waals surface area contributed by atoms with Crippen LogP contribution in [0.3, 0.4) is 0 Å². The topological polar surface area (TPSA) is 141 Å². The Bertz CT molecular complexity index is 1070. The number of ether oxygens (including phenoxy) is 3. The van der Waals surface area contributed by atoms with Crippen molar-refractivity contribution in [2.75, 3.05) is 31.7 Å². The molecule has 0 bridgehead atoms. The number of aliphatic carboxylic acids is 1. The molecular formula is C23H25N3O7. The van der Waals surface area contributed by atoms with Gasteiger partial charge in [-0.3, -0.25) is 19.5 Å². The third-order valence-corrected chi connectivity index (χ3v) is 4.96. The highest BCUT2D eigenvalue weighted by Gasteiger charge is 2.33. The van der Waals surface area contributed by atoms with E-state index in [1.54, 1.807) is 49.4 Å². The third kappa shape index (κ3) is 5.79. The molecule has 2 aromatic carbocycles. The zero-order valence-corrected chi connectivity index (χ0v) is 18.3. The standard InChI is InChI=1S/C23H25N3O7/c1-3-18(27)15-6-9-19(20(10-15)31-2)32-13-17-12-26(23(30)33-17)16-7-4-14(5-8-16)22(24)25-11-21(28)29/h4-10,17H,3,11-13H2,1-2H3,(H2,24,25)(H,28,29). The monoisotopic (exact) mass is 455 g/mol. The van der Waals surface area contributed by atoms with Crippen molar-refractivity contribution in [2.45, 2.75) is 19.4 Å². The maximum Gasteiger partial charge on any atom is 0.414 e. The van der Waals surface area contributed by atoms with Gasteiger partial charge >= 0.3 is 12.1 Å². The number of hydrogen-bond donors (Lipinski definition) is 2. The Hall–Kier alpha value is -4.08. The predicted molar refractivity (Wildman–Crippen MR) is 120 cm³/mol. The molecule has 0 aromatic heterocycles. The van der Waals surface area contributed by atoms with E-state index in [4.69, 9.17) is 25.1 Å². The first-order chi connectivity index (χ1) is 15.8. The number of benzene rings is 2. The number of cyclic esters (lactones) is 1. The van der Waals surface area contributed by atoms with Crippen molar-refractivity contribution in [2.24, 2.45) is 10.7 Å². The molecule has 3 N–H and O–H groups in total. The van der Waals surface area contributed by atoms with Crippen LogP contribution in [0.25, 0.3) is 0 Å². The Balaban J connectivity index is 1.62. The molecule has 1 unspecified atom stereocenters. The van der Waals surface area contributed by atoms with Gasteiger partial charge in [-0.25, -0.2) is 4.79 Å². The second-order valence-corrected chi connectivity index (χ2v) is 7.21. The van der Waals surface area contributed by atoms with Gasteiger partial charge in [0.15, 0.2) is 23.4 Å². The second kappa shape index (κ2) is 10.5. The maximum atomic E-state index is 12.3. The van der Waals surface area contributed by atoms with Crippen molar-refractivity contribution in [1.82, 2.24) is 0 Å². The number of amides is 1.